The lowest BCUT2D eigenvalue weighted by Gasteiger charge is -1.45. The maximum atomic E-state index is 5.00. The zero-order valence-corrected chi connectivity index (χ0v) is 5.55. The maximum absolute atomic E-state index is 5.00. The molecule has 3 N–H and O–H groups in total. The average Bonchev–Trinajstić information content (AvgIpc) is 1.46. The topological polar surface area (TPSA) is 35.0 Å². The van der Waals surface area contributed by atoms with Gasteiger partial charge in [-0.15, -0.1) is 11.6 Å². The third-order valence-corrected chi connectivity index (χ3v) is 0. The molecule has 0 bridgehead atoms. The zero-order chi connectivity index (χ0) is 4.71. The Morgan fingerprint density at radius 3 is 1.33 bits per heavy atom. The highest BCUT2D eigenvalue weighted by atomic mass is 35.5. The second-order valence-electron chi connectivity index (χ2n) is 0.267. The summed E-state index contributed by atoms with van der Waals surface area (Å²) in [6, 6.07) is 0. The summed E-state index contributed by atoms with van der Waals surface area (Å²) in [5.41, 5.74) is 0. The lowest BCUT2D eigenvalue weighted by Crippen LogP contribution is -1.36. The summed E-state index contributed by atoms with van der Waals surface area (Å²) in [7, 11) is 0. The number of hydrogen-bond acceptors (Lipinski definition) is 1. The Kier molecular flexibility index (Phi) is 165. The largest absolute Gasteiger partial charge is 0.344 e. The minimum Gasteiger partial charge on any atom is -0.344 e. The van der Waals surface area contributed by atoms with Gasteiger partial charge in [0.05, 0.1) is 0 Å². The minimum atomic E-state index is 0. The van der Waals surface area contributed by atoms with Crippen molar-refractivity contribution in [2.75, 3.05) is 5.88 Å². The van der Waals surface area contributed by atoms with E-state index in [9.17, 15) is 0 Å². The maximum Gasteiger partial charge on any atom is 0.0195 e. The van der Waals surface area contributed by atoms with Crippen molar-refractivity contribution < 1.29 is 0 Å². The lowest BCUT2D eigenvalue weighted by molar-refractivity contribution is 1.50. The van der Waals surface area contributed by atoms with Gasteiger partial charge in [-0.3, -0.25) is 0 Å². The van der Waals surface area contributed by atoms with E-state index in [0.717, 1.165) is 5.88 Å². The summed E-state index contributed by atoms with van der Waals surface area (Å²) in [5.74, 6) is 0.722. The Balaban J connectivity index is -0.0000000275. The molecule has 0 aromatic rings. The molecule has 0 aromatic carbocycles. The first-order valence-corrected chi connectivity index (χ1v) is 2.51. The van der Waals surface area contributed by atoms with Gasteiger partial charge >= 0.3 is 0 Å². The van der Waals surface area contributed by atoms with Gasteiger partial charge in [-0.05, 0) is 0 Å². The van der Waals surface area contributed by atoms with Crippen LogP contribution in [-0.2, 0) is 0 Å². The first kappa shape index (κ1) is 16.3. The highest BCUT2D eigenvalue weighted by Gasteiger charge is 1.38. The van der Waals surface area contributed by atoms with Gasteiger partial charge in [0.25, 0.3) is 0 Å². The monoisotopic (exact) mass is 111 g/mol. The van der Waals surface area contributed by atoms with E-state index in [1.165, 1.54) is 0 Å². The van der Waals surface area contributed by atoms with Crippen molar-refractivity contribution in [1.82, 2.24) is 6.15 Å². The van der Waals surface area contributed by atoms with Crippen molar-refractivity contribution in [1.29, 1.82) is 0 Å². The quantitative estimate of drug-likeness (QED) is 0.479. The first-order valence-electron chi connectivity index (χ1n) is 1.97. The van der Waals surface area contributed by atoms with Gasteiger partial charge in [0.15, 0.2) is 0 Å². The molecule has 0 amide bonds. The molecule has 0 unspecified atom stereocenters. The molecule has 0 aliphatic heterocycles. The van der Waals surface area contributed by atoms with Crippen molar-refractivity contribution in [2.24, 2.45) is 0 Å². The third kappa shape index (κ3) is 718. The average molecular weight is 112 g/mol. The van der Waals surface area contributed by atoms with E-state index in [1.807, 2.05) is 20.8 Å². The fourth-order valence-electron chi connectivity index (χ4n) is 0. The molecular formula is C4H14ClN. The Labute approximate surface area is 45.3 Å². The van der Waals surface area contributed by atoms with Gasteiger partial charge in [0.1, 0.15) is 0 Å². The minimum absolute atomic E-state index is 0. The summed E-state index contributed by atoms with van der Waals surface area (Å²) < 4.78 is 0. The summed E-state index contributed by atoms with van der Waals surface area (Å²) in [6.07, 6.45) is 0. The van der Waals surface area contributed by atoms with E-state index < -0.39 is 0 Å². The summed E-state index contributed by atoms with van der Waals surface area (Å²) in [4.78, 5) is 0. The fourth-order valence-corrected chi connectivity index (χ4v) is 0. The van der Waals surface area contributed by atoms with Crippen LogP contribution >= 0.6 is 11.6 Å². The molecule has 42 valence electrons. The van der Waals surface area contributed by atoms with Crippen LogP contribution in [0.5, 0.6) is 0 Å². The van der Waals surface area contributed by atoms with Crippen LogP contribution in [0.1, 0.15) is 20.8 Å². The van der Waals surface area contributed by atoms with Crippen LogP contribution < -0.4 is 6.15 Å². The molecule has 0 saturated heterocycles. The predicted molar refractivity (Wildman–Crippen MR) is 32.8 cm³/mol. The van der Waals surface area contributed by atoms with Crippen LogP contribution in [0.4, 0.5) is 0 Å². The van der Waals surface area contributed by atoms with Crippen LogP contribution in [0, 0.1) is 0 Å². The predicted octanol–water partition coefficient (Wildman–Crippen LogP) is 2.43. The van der Waals surface area contributed by atoms with Gasteiger partial charge in [-0.1, -0.05) is 20.8 Å². The normalized spacial score (nSPS) is 4.00. The molecule has 0 rings (SSSR count). The van der Waals surface area contributed by atoms with Crippen LogP contribution in [0.2, 0.25) is 0 Å². The van der Waals surface area contributed by atoms with E-state index in [1.54, 1.807) is 0 Å². The molecule has 0 spiro atoms. The molecule has 6 heavy (non-hydrogen) atoms. The third-order valence-electron chi connectivity index (χ3n) is 0. The van der Waals surface area contributed by atoms with E-state index in [-0.39, 0.29) is 6.15 Å². The van der Waals surface area contributed by atoms with Crippen LogP contribution in [0.15, 0.2) is 0 Å². The van der Waals surface area contributed by atoms with Gasteiger partial charge < -0.3 is 6.15 Å². The van der Waals surface area contributed by atoms with Crippen molar-refractivity contribution in [3.8, 4) is 0 Å². The molecule has 0 aromatic heterocycles. The number of hydrogen-bond donors (Lipinski definition) is 1. The fraction of sp³-hybridized carbons (Fsp3) is 1.00. The number of halogens is 1. The zero-order valence-electron chi connectivity index (χ0n) is 4.79. The van der Waals surface area contributed by atoms with E-state index in [0.29, 0.717) is 0 Å². The summed E-state index contributed by atoms with van der Waals surface area (Å²) in [5, 5.41) is 0. The van der Waals surface area contributed by atoms with Gasteiger partial charge in [-0.2, -0.15) is 0 Å². The standard InChI is InChI=1S/C2H5Cl.C2H6.H3N/c1-2-3;1-2;/h2H2,1H3;1-2H3;1H3. The van der Waals surface area contributed by atoms with E-state index >= 15 is 0 Å². The van der Waals surface area contributed by atoms with E-state index in [4.69, 9.17) is 11.6 Å². The van der Waals surface area contributed by atoms with Crippen molar-refractivity contribution in [3.05, 3.63) is 0 Å². The Bertz CT molecular complexity index is 7.51. The Hall–Kier alpha value is 0.250. The molecule has 0 fully saturated rings. The molecule has 0 saturated carbocycles. The second-order valence-corrected chi connectivity index (χ2v) is 0.802. The lowest BCUT2D eigenvalue weighted by atomic mass is 11.0. The molecule has 0 atom stereocenters. The molecule has 1 nitrogen and oxygen atoms in total. The Morgan fingerprint density at radius 1 is 1.33 bits per heavy atom. The first-order chi connectivity index (χ1) is 2.41. The highest BCUT2D eigenvalue weighted by molar-refractivity contribution is 6.17. The van der Waals surface area contributed by atoms with Gasteiger partial charge in [-0.25, -0.2) is 0 Å². The van der Waals surface area contributed by atoms with Gasteiger partial charge in [0.2, 0.25) is 0 Å². The van der Waals surface area contributed by atoms with Crippen molar-refractivity contribution >= 4 is 11.6 Å². The molecule has 0 heterocycles. The van der Waals surface area contributed by atoms with Crippen LogP contribution in [0.25, 0.3) is 0 Å². The summed E-state index contributed by atoms with van der Waals surface area (Å²) >= 11 is 5.00. The summed E-state index contributed by atoms with van der Waals surface area (Å²) in [6.45, 7) is 5.89. The van der Waals surface area contributed by atoms with Gasteiger partial charge in [0, 0.05) is 5.88 Å². The highest BCUT2D eigenvalue weighted by Crippen LogP contribution is 1.59. The number of alkyl halides is 1. The molecule has 2 heteroatoms. The van der Waals surface area contributed by atoms with E-state index in [2.05, 4.69) is 0 Å². The molecule has 0 radical (unpaired) electrons. The Morgan fingerprint density at radius 2 is 1.33 bits per heavy atom. The van der Waals surface area contributed by atoms with Crippen molar-refractivity contribution in [2.45, 2.75) is 20.8 Å². The molecule has 0 aliphatic rings. The number of rotatable bonds is 0. The smallest absolute Gasteiger partial charge is 0.0195 e. The van der Waals surface area contributed by atoms with Crippen LogP contribution in [0.3, 0.4) is 0 Å². The second kappa shape index (κ2) is 60.7. The van der Waals surface area contributed by atoms with Crippen molar-refractivity contribution in [3.63, 3.8) is 0 Å². The molecular weight excluding hydrogens is 97.5 g/mol. The SMILES string of the molecule is CC.CCCl.N. The van der Waals surface area contributed by atoms with Crippen LogP contribution in [-0.4, -0.2) is 5.88 Å². The molecule has 0 aliphatic carbocycles.